The molecule has 0 aromatic heterocycles. The van der Waals surface area contributed by atoms with Crippen molar-refractivity contribution in [2.24, 2.45) is 0 Å². The van der Waals surface area contributed by atoms with Crippen LogP contribution in [0.2, 0.25) is 0 Å². The summed E-state index contributed by atoms with van der Waals surface area (Å²) >= 11 is 0. The summed E-state index contributed by atoms with van der Waals surface area (Å²) in [5.74, 6) is -0.833. The van der Waals surface area contributed by atoms with Crippen LogP contribution in [-0.2, 0) is 9.53 Å². The molecule has 1 atom stereocenters. The Morgan fingerprint density at radius 3 is 2.45 bits per heavy atom. The van der Waals surface area contributed by atoms with E-state index in [2.05, 4.69) is 12.2 Å². The van der Waals surface area contributed by atoms with Gasteiger partial charge in [-0.3, -0.25) is 4.79 Å². The molecule has 1 aliphatic rings. The van der Waals surface area contributed by atoms with Gasteiger partial charge >= 0.3 is 0 Å². The molecule has 1 saturated heterocycles. The molecule has 1 rings (SSSR count). The van der Waals surface area contributed by atoms with Crippen LogP contribution in [0.5, 0.6) is 0 Å². The molecule has 2 N–H and O–H groups in total. The van der Waals surface area contributed by atoms with Crippen LogP contribution in [0.25, 0.3) is 0 Å². The van der Waals surface area contributed by atoms with E-state index in [9.17, 15) is 0 Å². The Morgan fingerprint density at radius 1 is 1.73 bits per heavy atom. The van der Waals surface area contributed by atoms with Crippen LogP contribution in [-0.4, -0.2) is 36.9 Å². The first-order valence-electron chi connectivity index (χ1n) is 3.63. The van der Waals surface area contributed by atoms with E-state index in [-0.39, 0.29) is 0 Å². The molecule has 0 aliphatic carbocycles. The normalized spacial score (nSPS) is 23.3. The van der Waals surface area contributed by atoms with Crippen LogP contribution in [0.4, 0.5) is 0 Å². The van der Waals surface area contributed by atoms with Crippen LogP contribution < -0.4 is 5.32 Å². The zero-order valence-electron chi connectivity index (χ0n) is 6.96. The molecular weight excluding hydrogens is 146 g/mol. The summed E-state index contributed by atoms with van der Waals surface area (Å²) in [5, 5.41) is 10.7. The number of aliphatic carboxylic acids is 1. The minimum absolute atomic E-state index is 0.564. The van der Waals surface area contributed by atoms with E-state index in [0.717, 1.165) is 26.7 Å². The highest BCUT2D eigenvalue weighted by atomic mass is 16.5. The molecule has 4 nitrogen and oxygen atoms in total. The van der Waals surface area contributed by atoms with Crippen molar-refractivity contribution in [2.75, 3.05) is 19.8 Å². The summed E-state index contributed by atoms with van der Waals surface area (Å²) < 4.78 is 5.12. The van der Waals surface area contributed by atoms with Crippen molar-refractivity contribution < 1.29 is 14.6 Å². The van der Waals surface area contributed by atoms with Gasteiger partial charge in [0.15, 0.2) is 0 Å². The first-order chi connectivity index (χ1) is 5.13. The molecule has 1 fully saturated rings. The van der Waals surface area contributed by atoms with Crippen molar-refractivity contribution in [3.8, 4) is 0 Å². The quantitative estimate of drug-likeness (QED) is 0.528. The number of carboxylic acid groups (broad SMARTS) is 1. The van der Waals surface area contributed by atoms with E-state index >= 15 is 0 Å². The minimum atomic E-state index is -0.833. The van der Waals surface area contributed by atoms with Crippen LogP contribution in [0.15, 0.2) is 0 Å². The lowest BCUT2D eigenvalue weighted by Crippen LogP contribution is -2.38. The molecule has 0 spiro atoms. The van der Waals surface area contributed by atoms with E-state index in [1.165, 1.54) is 0 Å². The lowest BCUT2D eigenvalue weighted by molar-refractivity contribution is -0.134. The highest BCUT2D eigenvalue weighted by Crippen LogP contribution is 1.88. The molecule has 66 valence electrons. The van der Waals surface area contributed by atoms with E-state index in [1.807, 2.05) is 0 Å². The summed E-state index contributed by atoms with van der Waals surface area (Å²) in [5.41, 5.74) is 0. The van der Waals surface area contributed by atoms with Crippen LogP contribution in [0.3, 0.4) is 0 Å². The van der Waals surface area contributed by atoms with Crippen molar-refractivity contribution in [2.45, 2.75) is 19.9 Å². The molecule has 0 radical (unpaired) electrons. The van der Waals surface area contributed by atoms with E-state index in [0.29, 0.717) is 6.04 Å². The monoisotopic (exact) mass is 161 g/mol. The van der Waals surface area contributed by atoms with Gasteiger partial charge in [0.2, 0.25) is 0 Å². The van der Waals surface area contributed by atoms with E-state index in [4.69, 9.17) is 14.6 Å². The lowest BCUT2D eigenvalue weighted by Gasteiger charge is -2.19. The topological polar surface area (TPSA) is 58.6 Å². The fourth-order valence-corrected chi connectivity index (χ4v) is 0.697. The van der Waals surface area contributed by atoms with Crippen LogP contribution >= 0.6 is 0 Å². The van der Waals surface area contributed by atoms with Gasteiger partial charge in [-0.25, -0.2) is 0 Å². The molecule has 0 saturated carbocycles. The largest absolute Gasteiger partial charge is 0.481 e. The summed E-state index contributed by atoms with van der Waals surface area (Å²) in [6.45, 7) is 5.98. The predicted molar refractivity (Wildman–Crippen MR) is 41.6 cm³/mol. The van der Waals surface area contributed by atoms with E-state index in [1.54, 1.807) is 0 Å². The average Bonchev–Trinajstić information content (AvgIpc) is 1.87. The Kier molecular flexibility index (Phi) is 5.78. The summed E-state index contributed by atoms with van der Waals surface area (Å²) in [6.07, 6.45) is 0. The molecule has 0 aromatic rings. The fraction of sp³-hybridized carbons (Fsp3) is 0.857. The third-order valence-electron chi connectivity index (χ3n) is 1.11. The predicted octanol–water partition coefficient (Wildman–Crippen LogP) is 0.0856. The van der Waals surface area contributed by atoms with Gasteiger partial charge in [0, 0.05) is 19.5 Å². The molecule has 0 bridgehead atoms. The van der Waals surface area contributed by atoms with Gasteiger partial charge in [0.25, 0.3) is 5.97 Å². The number of hydrogen-bond donors (Lipinski definition) is 2. The van der Waals surface area contributed by atoms with Gasteiger partial charge < -0.3 is 15.2 Å². The third kappa shape index (κ3) is 9.39. The molecule has 1 heterocycles. The van der Waals surface area contributed by atoms with Gasteiger partial charge in [-0.05, 0) is 6.92 Å². The molecular formula is C7H15NO3. The Labute approximate surface area is 66.5 Å². The second-order valence-corrected chi connectivity index (χ2v) is 2.45. The summed E-state index contributed by atoms with van der Waals surface area (Å²) in [4.78, 5) is 9.00. The maximum absolute atomic E-state index is 9.00. The number of rotatable bonds is 0. The van der Waals surface area contributed by atoms with Crippen molar-refractivity contribution in [1.82, 2.24) is 5.32 Å². The fourth-order valence-electron chi connectivity index (χ4n) is 0.697. The maximum atomic E-state index is 9.00. The Balaban J connectivity index is 0.000000218. The Morgan fingerprint density at radius 2 is 2.27 bits per heavy atom. The second-order valence-electron chi connectivity index (χ2n) is 2.45. The molecule has 0 unspecified atom stereocenters. The Hall–Kier alpha value is -0.610. The number of hydrogen-bond acceptors (Lipinski definition) is 3. The molecule has 0 amide bonds. The molecule has 0 aromatic carbocycles. The smallest absolute Gasteiger partial charge is 0.300 e. The standard InChI is InChI=1S/C5H11NO.C2H4O2/c1-5-4-7-3-2-6-5;1-2(3)4/h5-6H,2-4H2,1H3;1H3,(H,3,4)/t5-;/m0./s1. The third-order valence-corrected chi connectivity index (χ3v) is 1.11. The van der Waals surface area contributed by atoms with Gasteiger partial charge in [0.05, 0.1) is 13.2 Å². The maximum Gasteiger partial charge on any atom is 0.300 e. The highest BCUT2D eigenvalue weighted by molar-refractivity contribution is 5.62. The number of carbonyl (C=O) groups is 1. The zero-order chi connectivity index (χ0) is 8.69. The van der Waals surface area contributed by atoms with Gasteiger partial charge in [0.1, 0.15) is 0 Å². The lowest BCUT2D eigenvalue weighted by atomic mass is 10.3. The molecule has 11 heavy (non-hydrogen) atoms. The second kappa shape index (κ2) is 6.12. The zero-order valence-corrected chi connectivity index (χ0v) is 6.96. The molecule has 1 aliphatic heterocycles. The van der Waals surface area contributed by atoms with Gasteiger partial charge in [-0.2, -0.15) is 0 Å². The SMILES string of the molecule is CC(=O)O.C[C@H]1COCCN1. The average molecular weight is 161 g/mol. The molecule has 4 heteroatoms. The Bertz CT molecular complexity index is 106. The number of nitrogens with one attached hydrogen (secondary N) is 1. The highest BCUT2D eigenvalue weighted by Gasteiger charge is 2.04. The van der Waals surface area contributed by atoms with Crippen molar-refractivity contribution in [1.29, 1.82) is 0 Å². The number of morpholine rings is 1. The number of ether oxygens (including phenoxy) is 1. The number of carboxylic acids is 1. The first-order valence-corrected chi connectivity index (χ1v) is 3.63. The van der Waals surface area contributed by atoms with E-state index < -0.39 is 5.97 Å². The van der Waals surface area contributed by atoms with Crippen LogP contribution in [0, 0.1) is 0 Å². The summed E-state index contributed by atoms with van der Waals surface area (Å²) in [7, 11) is 0. The van der Waals surface area contributed by atoms with Gasteiger partial charge in [-0.15, -0.1) is 0 Å². The first kappa shape index (κ1) is 10.4. The van der Waals surface area contributed by atoms with Gasteiger partial charge in [-0.1, -0.05) is 0 Å². The van der Waals surface area contributed by atoms with Crippen molar-refractivity contribution in [3.05, 3.63) is 0 Å². The minimum Gasteiger partial charge on any atom is -0.481 e. The van der Waals surface area contributed by atoms with Crippen molar-refractivity contribution >= 4 is 5.97 Å². The van der Waals surface area contributed by atoms with Crippen LogP contribution in [0.1, 0.15) is 13.8 Å². The van der Waals surface area contributed by atoms with Crippen molar-refractivity contribution in [3.63, 3.8) is 0 Å². The summed E-state index contributed by atoms with van der Waals surface area (Å²) in [6, 6.07) is 0.564.